The van der Waals surface area contributed by atoms with Gasteiger partial charge in [0.05, 0.1) is 17.1 Å². The molecular weight excluding hydrogens is 268 g/mol. The van der Waals surface area contributed by atoms with Gasteiger partial charge in [-0.05, 0) is 18.4 Å². The molecule has 0 aliphatic carbocycles. The van der Waals surface area contributed by atoms with E-state index in [1.165, 1.54) is 22.9 Å². The minimum atomic E-state index is -2.92. The number of hydrogen-bond acceptors (Lipinski definition) is 4. The molecule has 1 atom stereocenters. The summed E-state index contributed by atoms with van der Waals surface area (Å²) in [4.78, 5) is 23.0. The second-order valence-corrected chi connectivity index (χ2v) is 7.07. The topological polar surface area (TPSA) is 85.2 Å². The summed E-state index contributed by atoms with van der Waals surface area (Å²) in [5, 5.41) is 2.71. The Morgan fingerprint density at radius 3 is 2.79 bits per heavy atom. The zero-order chi connectivity index (χ0) is 14.0. The third-order valence-electron chi connectivity index (χ3n) is 3.23. The van der Waals surface area contributed by atoms with Crippen molar-refractivity contribution in [2.24, 2.45) is 13.0 Å². The van der Waals surface area contributed by atoms with E-state index in [2.05, 4.69) is 5.32 Å². The Morgan fingerprint density at radius 2 is 2.21 bits per heavy atom. The smallest absolute Gasteiger partial charge is 0.252 e. The van der Waals surface area contributed by atoms with Gasteiger partial charge in [0, 0.05) is 25.9 Å². The van der Waals surface area contributed by atoms with Gasteiger partial charge >= 0.3 is 0 Å². The van der Waals surface area contributed by atoms with Gasteiger partial charge in [-0.1, -0.05) is 0 Å². The Balaban J connectivity index is 1.95. The number of hydrogen-bond donors (Lipinski definition) is 1. The summed E-state index contributed by atoms with van der Waals surface area (Å²) in [5.41, 5.74) is 0.210. The first-order valence-corrected chi connectivity index (χ1v) is 7.85. The minimum Gasteiger partial charge on any atom is -0.352 e. The summed E-state index contributed by atoms with van der Waals surface area (Å²) < 4.78 is 23.9. The van der Waals surface area contributed by atoms with Gasteiger partial charge in [0.15, 0.2) is 9.84 Å². The maximum absolute atomic E-state index is 11.9. The molecule has 1 aromatic rings. The number of sulfone groups is 1. The molecule has 1 N–H and O–H groups in total. The van der Waals surface area contributed by atoms with Crippen LogP contribution in [0.25, 0.3) is 0 Å². The van der Waals surface area contributed by atoms with Crippen LogP contribution in [0.3, 0.4) is 0 Å². The maximum atomic E-state index is 11.9. The fraction of sp³-hybridized carbons (Fsp3) is 0.500. The number of nitrogens with one attached hydrogen (secondary N) is 1. The van der Waals surface area contributed by atoms with Crippen molar-refractivity contribution in [3.05, 3.63) is 34.2 Å². The number of aryl methyl sites for hydroxylation is 1. The lowest BCUT2D eigenvalue weighted by Gasteiger charge is -2.10. The Kier molecular flexibility index (Phi) is 3.75. The Morgan fingerprint density at radius 1 is 1.47 bits per heavy atom. The number of pyridine rings is 1. The van der Waals surface area contributed by atoms with Crippen LogP contribution in [0.5, 0.6) is 0 Å². The lowest BCUT2D eigenvalue weighted by Crippen LogP contribution is -2.30. The Hall–Kier alpha value is -1.63. The van der Waals surface area contributed by atoms with Crippen molar-refractivity contribution in [1.29, 1.82) is 0 Å². The summed E-state index contributed by atoms with van der Waals surface area (Å²) in [6, 6.07) is 2.79. The first-order chi connectivity index (χ1) is 8.87. The minimum absolute atomic E-state index is 0.0125. The fourth-order valence-electron chi connectivity index (χ4n) is 2.10. The average molecular weight is 284 g/mol. The number of nitrogens with zero attached hydrogens (tertiary/aromatic N) is 1. The monoisotopic (exact) mass is 284 g/mol. The Bertz CT molecular complexity index is 648. The van der Waals surface area contributed by atoms with Gasteiger partial charge in [-0.3, -0.25) is 9.59 Å². The second-order valence-electron chi connectivity index (χ2n) is 4.85. The zero-order valence-corrected chi connectivity index (χ0v) is 11.4. The van der Waals surface area contributed by atoms with Crippen LogP contribution in [-0.2, 0) is 16.9 Å². The van der Waals surface area contributed by atoms with Crippen LogP contribution in [0.2, 0.25) is 0 Å². The van der Waals surface area contributed by atoms with E-state index in [4.69, 9.17) is 0 Å². The molecule has 19 heavy (non-hydrogen) atoms. The number of carbonyl (C=O) groups excluding carboxylic acids is 1. The molecule has 1 aliphatic rings. The molecule has 6 nitrogen and oxygen atoms in total. The summed E-state index contributed by atoms with van der Waals surface area (Å²) in [5.74, 6) is 0.0369. The highest BCUT2D eigenvalue weighted by Gasteiger charge is 2.27. The highest BCUT2D eigenvalue weighted by Crippen LogP contribution is 2.17. The van der Waals surface area contributed by atoms with E-state index in [0.29, 0.717) is 18.5 Å². The van der Waals surface area contributed by atoms with Crippen LogP contribution in [0.1, 0.15) is 16.8 Å². The van der Waals surface area contributed by atoms with Gasteiger partial charge in [-0.2, -0.15) is 0 Å². The van der Waals surface area contributed by atoms with Crippen LogP contribution >= 0.6 is 0 Å². The van der Waals surface area contributed by atoms with Crippen LogP contribution in [0, 0.1) is 5.92 Å². The van der Waals surface area contributed by atoms with Crippen molar-refractivity contribution in [3.63, 3.8) is 0 Å². The number of amides is 1. The van der Waals surface area contributed by atoms with Crippen molar-refractivity contribution in [1.82, 2.24) is 9.88 Å². The lowest BCUT2D eigenvalue weighted by molar-refractivity contribution is 0.0947. The fourth-order valence-corrected chi connectivity index (χ4v) is 3.96. The lowest BCUT2D eigenvalue weighted by atomic mass is 10.1. The van der Waals surface area contributed by atoms with Crippen molar-refractivity contribution in [2.45, 2.75) is 6.42 Å². The average Bonchev–Trinajstić information content (AvgIpc) is 2.69. The van der Waals surface area contributed by atoms with E-state index < -0.39 is 9.84 Å². The van der Waals surface area contributed by atoms with E-state index in [9.17, 15) is 18.0 Å². The number of aromatic nitrogens is 1. The first kappa shape index (κ1) is 13.8. The first-order valence-electron chi connectivity index (χ1n) is 6.03. The van der Waals surface area contributed by atoms with Gasteiger partial charge in [0.2, 0.25) is 5.56 Å². The molecule has 1 saturated heterocycles. The molecule has 0 bridgehead atoms. The molecule has 7 heteroatoms. The SMILES string of the molecule is Cn1cc(C(=O)NCC2CCS(=O)(=O)C2)ccc1=O. The van der Waals surface area contributed by atoms with Gasteiger partial charge in [0.1, 0.15) is 0 Å². The van der Waals surface area contributed by atoms with E-state index in [1.807, 2.05) is 0 Å². The second kappa shape index (κ2) is 5.16. The summed E-state index contributed by atoms with van der Waals surface area (Å²) >= 11 is 0. The highest BCUT2D eigenvalue weighted by atomic mass is 32.2. The molecule has 1 amide bonds. The van der Waals surface area contributed by atoms with E-state index >= 15 is 0 Å². The Labute approximate surface area is 111 Å². The number of rotatable bonds is 3. The van der Waals surface area contributed by atoms with Crippen molar-refractivity contribution in [2.75, 3.05) is 18.1 Å². The third kappa shape index (κ3) is 3.44. The molecule has 0 saturated carbocycles. The quantitative estimate of drug-likeness (QED) is 0.814. The van der Waals surface area contributed by atoms with Crippen molar-refractivity contribution in [3.8, 4) is 0 Å². The molecular formula is C12H16N2O4S. The van der Waals surface area contributed by atoms with Gasteiger partial charge < -0.3 is 9.88 Å². The zero-order valence-electron chi connectivity index (χ0n) is 10.6. The summed E-state index contributed by atoms with van der Waals surface area (Å²) in [6.07, 6.45) is 2.05. The molecule has 1 aromatic heterocycles. The van der Waals surface area contributed by atoms with Crippen LogP contribution in [-0.4, -0.2) is 36.9 Å². The van der Waals surface area contributed by atoms with Crippen molar-refractivity contribution < 1.29 is 13.2 Å². The molecule has 1 aliphatic heterocycles. The maximum Gasteiger partial charge on any atom is 0.252 e. The standard InChI is InChI=1S/C12H16N2O4S/c1-14-7-10(2-3-11(14)15)12(16)13-6-9-4-5-19(17,18)8-9/h2-3,7,9H,4-6,8H2,1H3,(H,13,16). The number of carbonyl (C=O) groups is 1. The molecule has 0 spiro atoms. The summed E-state index contributed by atoms with van der Waals surface area (Å²) in [7, 11) is -1.34. The van der Waals surface area contributed by atoms with E-state index in [1.54, 1.807) is 7.05 Å². The van der Waals surface area contributed by atoms with Gasteiger partial charge in [0.25, 0.3) is 5.91 Å². The predicted molar refractivity (Wildman–Crippen MR) is 70.8 cm³/mol. The molecule has 104 valence electrons. The molecule has 1 fully saturated rings. The van der Waals surface area contributed by atoms with Crippen LogP contribution in [0.4, 0.5) is 0 Å². The van der Waals surface area contributed by atoms with Gasteiger partial charge in [-0.25, -0.2) is 8.42 Å². The van der Waals surface area contributed by atoms with E-state index in [0.717, 1.165) is 0 Å². The summed E-state index contributed by atoms with van der Waals surface area (Å²) in [6.45, 7) is 0.348. The molecule has 2 rings (SSSR count). The largest absolute Gasteiger partial charge is 0.352 e. The highest BCUT2D eigenvalue weighted by molar-refractivity contribution is 7.91. The molecule has 2 heterocycles. The molecule has 1 unspecified atom stereocenters. The van der Waals surface area contributed by atoms with E-state index in [-0.39, 0.29) is 28.9 Å². The van der Waals surface area contributed by atoms with Crippen LogP contribution in [0.15, 0.2) is 23.1 Å². The predicted octanol–water partition coefficient (Wildman–Crippen LogP) is -0.450. The molecule has 0 radical (unpaired) electrons. The van der Waals surface area contributed by atoms with Crippen LogP contribution < -0.4 is 10.9 Å². The molecule has 0 aromatic carbocycles. The third-order valence-corrected chi connectivity index (χ3v) is 5.06. The normalized spacial score (nSPS) is 21.2. The van der Waals surface area contributed by atoms with Crippen molar-refractivity contribution >= 4 is 15.7 Å². The van der Waals surface area contributed by atoms with Gasteiger partial charge in [-0.15, -0.1) is 0 Å².